The van der Waals surface area contributed by atoms with Crippen LogP contribution in [0.5, 0.6) is 5.75 Å². The van der Waals surface area contributed by atoms with E-state index in [1.807, 2.05) is 12.1 Å². The third-order valence-corrected chi connectivity index (χ3v) is 3.19. The fraction of sp³-hybridized carbons (Fsp3) is 0.200. The molecule has 0 bridgehead atoms. The molecule has 0 aliphatic heterocycles. The summed E-state index contributed by atoms with van der Waals surface area (Å²) in [5.41, 5.74) is 8.00. The SMILES string of the molecule is NCCc1ccc(Cl)c(-c2ccc(OC(F)(F)F)cc2)c1. The minimum absolute atomic E-state index is 0.263. The molecule has 0 heterocycles. The Hall–Kier alpha value is -1.72. The first-order chi connectivity index (χ1) is 9.89. The van der Waals surface area contributed by atoms with Crippen LogP contribution in [0.1, 0.15) is 5.56 Å². The molecule has 21 heavy (non-hydrogen) atoms. The normalized spacial score (nSPS) is 11.5. The number of hydrogen-bond donors (Lipinski definition) is 1. The third-order valence-electron chi connectivity index (χ3n) is 2.86. The predicted octanol–water partition coefficient (Wildman–Crippen LogP) is 4.41. The molecule has 0 saturated heterocycles. The Bertz CT molecular complexity index is 611. The topological polar surface area (TPSA) is 35.2 Å². The van der Waals surface area contributed by atoms with Gasteiger partial charge in [-0.3, -0.25) is 0 Å². The summed E-state index contributed by atoms with van der Waals surface area (Å²) in [6.07, 6.45) is -3.99. The molecule has 2 N–H and O–H groups in total. The summed E-state index contributed by atoms with van der Waals surface area (Å²) in [5, 5.41) is 0.528. The van der Waals surface area contributed by atoms with E-state index in [1.165, 1.54) is 24.3 Å². The van der Waals surface area contributed by atoms with Crippen LogP contribution in [-0.2, 0) is 6.42 Å². The molecule has 0 spiro atoms. The van der Waals surface area contributed by atoms with Crippen LogP contribution in [0.15, 0.2) is 42.5 Å². The lowest BCUT2D eigenvalue weighted by Gasteiger charge is -2.11. The minimum Gasteiger partial charge on any atom is -0.406 e. The van der Waals surface area contributed by atoms with E-state index in [4.69, 9.17) is 17.3 Å². The molecule has 2 aromatic carbocycles. The predicted molar refractivity (Wildman–Crippen MR) is 76.3 cm³/mol. The first-order valence-corrected chi connectivity index (χ1v) is 6.61. The van der Waals surface area contributed by atoms with E-state index in [2.05, 4.69) is 4.74 Å². The monoisotopic (exact) mass is 315 g/mol. The first kappa shape index (κ1) is 15.7. The van der Waals surface area contributed by atoms with Crippen molar-refractivity contribution in [3.8, 4) is 16.9 Å². The Labute approximate surface area is 125 Å². The summed E-state index contributed by atoms with van der Waals surface area (Å²) in [4.78, 5) is 0. The molecule has 0 radical (unpaired) electrons. The fourth-order valence-corrected chi connectivity index (χ4v) is 2.18. The molecule has 0 aliphatic carbocycles. The van der Waals surface area contributed by atoms with Crippen LogP contribution in [-0.4, -0.2) is 12.9 Å². The van der Waals surface area contributed by atoms with E-state index in [0.717, 1.165) is 11.1 Å². The molecule has 0 amide bonds. The second-order valence-electron chi connectivity index (χ2n) is 4.43. The first-order valence-electron chi connectivity index (χ1n) is 6.24. The van der Waals surface area contributed by atoms with Gasteiger partial charge in [0.15, 0.2) is 0 Å². The van der Waals surface area contributed by atoms with Gasteiger partial charge in [0.05, 0.1) is 0 Å². The van der Waals surface area contributed by atoms with Gasteiger partial charge in [0.25, 0.3) is 0 Å². The standard InChI is InChI=1S/C15H13ClF3NO/c16-14-6-1-10(7-8-20)9-13(14)11-2-4-12(5-3-11)21-15(17,18)19/h1-6,9H,7-8,20H2. The molecule has 112 valence electrons. The second kappa shape index (κ2) is 6.37. The van der Waals surface area contributed by atoms with E-state index >= 15 is 0 Å². The number of halogens is 4. The van der Waals surface area contributed by atoms with Gasteiger partial charge in [-0.2, -0.15) is 0 Å². The molecular weight excluding hydrogens is 303 g/mol. The quantitative estimate of drug-likeness (QED) is 0.907. The van der Waals surface area contributed by atoms with Crippen LogP contribution in [0, 0.1) is 0 Å². The van der Waals surface area contributed by atoms with Crippen molar-refractivity contribution in [2.75, 3.05) is 6.54 Å². The number of hydrogen-bond acceptors (Lipinski definition) is 2. The van der Waals surface area contributed by atoms with Crippen molar-refractivity contribution in [2.24, 2.45) is 5.73 Å². The van der Waals surface area contributed by atoms with E-state index in [9.17, 15) is 13.2 Å². The van der Waals surface area contributed by atoms with Gasteiger partial charge < -0.3 is 10.5 Å². The van der Waals surface area contributed by atoms with Crippen LogP contribution in [0.2, 0.25) is 5.02 Å². The maximum Gasteiger partial charge on any atom is 0.573 e. The lowest BCUT2D eigenvalue weighted by Crippen LogP contribution is -2.16. The molecule has 0 aromatic heterocycles. The van der Waals surface area contributed by atoms with Gasteiger partial charge in [-0.15, -0.1) is 13.2 Å². The number of benzene rings is 2. The van der Waals surface area contributed by atoms with E-state index in [-0.39, 0.29) is 5.75 Å². The Morgan fingerprint density at radius 1 is 1.05 bits per heavy atom. The maximum absolute atomic E-state index is 12.1. The lowest BCUT2D eigenvalue weighted by molar-refractivity contribution is -0.274. The Morgan fingerprint density at radius 3 is 2.29 bits per heavy atom. The Kier molecular flexibility index (Phi) is 4.75. The van der Waals surface area contributed by atoms with Crippen molar-refractivity contribution in [3.05, 3.63) is 53.1 Å². The highest BCUT2D eigenvalue weighted by Crippen LogP contribution is 2.31. The molecule has 0 fully saturated rings. The summed E-state index contributed by atoms with van der Waals surface area (Å²) in [5.74, 6) is -0.263. The van der Waals surface area contributed by atoms with E-state index in [1.54, 1.807) is 6.07 Å². The van der Waals surface area contributed by atoms with Crippen molar-refractivity contribution in [2.45, 2.75) is 12.8 Å². The summed E-state index contributed by atoms with van der Waals surface area (Å²) in [6.45, 7) is 0.513. The van der Waals surface area contributed by atoms with Crippen LogP contribution in [0.4, 0.5) is 13.2 Å². The molecule has 2 aromatic rings. The van der Waals surface area contributed by atoms with Gasteiger partial charge in [-0.25, -0.2) is 0 Å². The number of ether oxygens (including phenoxy) is 1. The highest BCUT2D eigenvalue weighted by molar-refractivity contribution is 6.33. The molecular formula is C15H13ClF3NO. The van der Waals surface area contributed by atoms with Crippen molar-refractivity contribution < 1.29 is 17.9 Å². The smallest absolute Gasteiger partial charge is 0.406 e. The van der Waals surface area contributed by atoms with Crippen LogP contribution < -0.4 is 10.5 Å². The van der Waals surface area contributed by atoms with Crippen LogP contribution in [0.3, 0.4) is 0 Å². The van der Waals surface area contributed by atoms with Gasteiger partial charge in [0.1, 0.15) is 5.75 Å². The van der Waals surface area contributed by atoms with Crippen molar-refractivity contribution in [1.82, 2.24) is 0 Å². The van der Waals surface area contributed by atoms with E-state index < -0.39 is 6.36 Å². The maximum atomic E-state index is 12.1. The summed E-state index contributed by atoms with van der Waals surface area (Å²) >= 11 is 6.13. The zero-order chi connectivity index (χ0) is 15.5. The molecule has 2 rings (SSSR count). The molecule has 6 heteroatoms. The number of rotatable bonds is 4. The van der Waals surface area contributed by atoms with Gasteiger partial charge in [0, 0.05) is 10.6 Å². The average Bonchev–Trinajstić information content (AvgIpc) is 2.40. The molecule has 0 unspecified atom stereocenters. The largest absolute Gasteiger partial charge is 0.573 e. The highest BCUT2D eigenvalue weighted by atomic mass is 35.5. The lowest BCUT2D eigenvalue weighted by atomic mass is 10.0. The molecule has 2 nitrogen and oxygen atoms in total. The van der Waals surface area contributed by atoms with E-state index in [0.29, 0.717) is 23.6 Å². The van der Waals surface area contributed by atoms with Crippen molar-refractivity contribution in [1.29, 1.82) is 0 Å². The van der Waals surface area contributed by atoms with Crippen molar-refractivity contribution in [3.63, 3.8) is 0 Å². The highest BCUT2D eigenvalue weighted by Gasteiger charge is 2.30. The van der Waals surface area contributed by atoms with Crippen LogP contribution in [0.25, 0.3) is 11.1 Å². The minimum atomic E-state index is -4.69. The zero-order valence-corrected chi connectivity index (χ0v) is 11.7. The Balaban J connectivity index is 2.28. The van der Waals surface area contributed by atoms with Gasteiger partial charge in [0.2, 0.25) is 0 Å². The summed E-state index contributed by atoms with van der Waals surface area (Å²) in [7, 11) is 0. The average molecular weight is 316 g/mol. The fourth-order valence-electron chi connectivity index (χ4n) is 1.95. The van der Waals surface area contributed by atoms with Gasteiger partial charge >= 0.3 is 6.36 Å². The van der Waals surface area contributed by atoms with Crippen molar-refractivity contribution >= 4 is 11.6 Å². The molecule has 0 atom stereocenters. The number of nitrogens with two attached hydrogens (primary N) is 1. The summed E-state index contributed by atoms with van der Waals surface area (Å²) in [6, 6.07) is 11.1. The Morgan fingerprint density at radius 2 is 1.71 bits per heavy atom. The van der Waals surface area contributed by atoms with Crippen LogP contribution >= 0.6 is 11.6 Å². The second-order valence-corrected chi connectivity index (χ2v) is 4.83. The molecule has 0 saturated carbocycles. The third kappa shape index (κ3) is 4.37. The van der Waals surface area contributed by atoms with Gasteiger partial charge in [-0.05, 0) is 48.4 Å². The molecule has 0 aliphatic rings. The number of alkyl halides is 3. The van der Waals surface area contributed by atoms with Gasteiger partial charge in [-0.1, -0.05) is 29.8 Å². The zero-order valence-electron chi connectivity index (χ0n) is 11.0. The summed E-state index contributed by atoms with van der Waals surface area (Å²) < 4.78 is 40.2.